The molecule has 1 amide bonds. The number of hydrogen-bond donors (Lipinski definition) is 0. The Morgan fingerprint density at radius 1 is 1.26 bits per heavy atom. The number of alkyl halides is 3. The summed E-state index contributed by atoms with van der Waals surface area (Å²) in [5.74, 6) is -2.86. The minimum Gasteiger partial charge on any atom is -0.459 e. The molecule has 1 unspecified atom stereocenters. The number of carbonyl (C=O) groups is 2. The molecular weight excluding hydrogens is 509 g/mol. The van der Waals surface area contributed by atoms with Gasteiger partial charge in [0.15, 0.2) is 6.04 Å². The molecule has 17 heteroatoms. The predicted molar refractivity (Wildman–Crippen MR) is 109 cm³/mol. The Morgan fingerprint density at radius 2 is 1.85 bits per heavy atom. The van der Waals surface area contributed by atoms with Gasteiger partial charge in [-0.05, 0) is 11.1 Å². The molecule has 3 atom stereocenters. The lowest BCUT2D eigenvalue weighted by Crippen LogP contribution is -2.70. The quantitative estimate of drug-likeness (QED) is 0.110. The highest BCUT2D eigenvalue weighted by Crippen LogP contribution is 2.36. The van der Waals surface area contributed by atoms with Crippen LogP contribution < -0.4 is 0 Å². The van der Waals surface area contributed by atoms with Crippen LogP contribution in [-0.2, 0) is 45.1 Å². The Labute approximate surface area is 191 Å². The maximum Gasteiger partial charge on any atom is 0.501 e. The highest BCUT2D eigenvalue weighted by molar-refractivity contribution is 7.96. The number of halogens is 3. The number of nitrogens with zero attached hydrogens (tertiary/aromatic N) is 4. The molecule has 0 spiro atoms. The van der Waals surface area contributed by atoms with Crippen molar-refractivity contribution in [3.63, 3.8) is 0 Å². The van der Waals surface area contributed by atoms with Gasteiger partial charge in [0.05, 0.1) is 23.8 Å². The Bertz CT molecular complexity index is 1230. The number of hydrogen-bond acceptors (Lipinski definition) is 9. The van der Waals surface area contributed by atoms with E-state index in [-0.39, 0.29) is 4.90 Å². The minimum atomic E-state index is -6.20. The van der Waals surface area contributed by atoms with E-state index in [4.69, 9.17) is 10.3 Å². The van der Waals surface area contributed by atoms with Crippen molar-refractivity contribution in [1.82, 2.24) is 4.90 Å². The van der Waals surface area contributed by atoms with Crippen LogP contribution in [0.5, 0.6) is 0 Å². The average Bonchev–Trinajstić information content (AvgIpc) is 2.74. The SMILES string of the molecule is C=C(C(C(=O)OCc1ccccc1)N1C(=O)[C@@H](N=[N+]=[N-])[C@H]1COS(C)(=O)=O)S(=O)(=O)C(F)(F)F. The Balaban J connectivity index is 2.47. The van der Waals surface area contributed by atoms with Crippen molar-refractivity contribution in [3.05, 3.63) is 57.8 Å². The first-order valence-corrected chi connectivity index (χ1v) is 12.3. The zero-order valence-electron chi connectivity index (χ0n) is 17.2. The molecule has 1 saturated heterocycles. The number of benzene rings is 1. The molecule has 34 heavy (non-hydrogen) atoms. The predicted octanol–water partition coefficient (Wildman–Crippen LogP) is 1.41. The van der Waals surface area contributed by atoms with Gasteiger partial charge in [-0.2, -0.15) is 21.6 Å². The fourth-order valence-electron chi connectivity index (χ4n) is 2.92. The van der Waals surface area contributed by atoms with E-state index in [0.717, 1.165) is 0 Å². The van der Waals surface area contributed by atoms with E-state index in [2.05, 4.69) is 20.8 Å². The number of rotatable bonds is 10. The van der Waals surface area contributed by atoms with Gasteiger partial charge in [-0.1, -0.05) is 42.0 Å². The Kier molecular flexibility index (Phi) is 7.98. The maximum absolute atomic E-state index is 13.2. The molecule has 1 aliphatic heterocycles. The molecule has 0 N–H and O–H groups in total. The van der Waals surface area contributed by atoms with Crippen LogP contribution in [-0.4, -0.2) is 70.1 Å². The van der Waals surface area contributed by atoms with Crippen LogP contribution in [0.4, 0.5) is 13.2 Å². The van der Waals surface area contributed by atoms with E-state index in [1.165, 1.54) is 12.1 Å². The van der Waals surface area contributed by atoms with Crippen molar-refractivity contribution in [3.8, 4) is 0 Å². The molecule has 0 saturated carbocycles. The van der Waals surface area contributed by atoms with E-state index in [0.29, 0.717) is 11.8 Å². The summed E-state index contributed by atoms with van der Waals surface area (Å²) in [7, 11) is -10.3. The first kappa shape index (κ1) is 27.1. The van der Waals surface area contributed by atoms with Crippen LogP contribution in [0.3, 0.4) is 0 Å². The van der Waals surface area contributed by atoms with Crippen molar-refractivity contribution in [2.45, 2.75) is 30.2 Å². The number of β-lactam (4-membered cyclic amide) rings is 1. The van der Waals surface area contributed by atoms with E-state index in [9.17, 15) is 39.6 Å². The second-order valence-corrected chi connectivity index (χ2v) is 10.5. The van der Waals surface area contributed by atoms with E-state index in [1.807, 2.05) is 0 Å². The van der Waals surface area contributed by atoms with Crippen molar-refractivity contribution >= 4 is 31.8 Å². The first-order valence-electron chi connectivity index (χ1n) is 9.03. The van der Waals surface area contributed by atoms with Gasteiger partial charge in [-0.3, -0.25) is 8.98 Å². The topological polar surface area (TPSA) is 173 Å². The summed E-state index contributed by atoms with van der Waals surface area (Å²) in [4.78, 5) is 26.2. The van der Waals surface area contributed by atoms with Gasteiger partial charge in [0, 0.05) is 4.91 Å². The minimum absolute atomic E-state index is 0.281. The monoisotopic (exact) mass is 526 g/mol. The standard InChI is InChI=1S/C17H17F3N4O8S2/c1-10(34(29,30)17(18,19)20)14(16(26)31-8-11-6-4-3-5-7-11)24-12(9-32-33(2,27)28)13(15(24)25)22-23-21/h3-7,12-14H,1,8-9H2,2H3/t12-,13+,14?/m1/s1. The molecule has 0 aromatic heterocycles. The highest BCUT2D eigenvalue weighted by Gasteiger charge is 2.58. The molecule has 1 aromatic rings. The number of amides is 1. The van der Waals surface area contributed by atoms with Gasteiger partial charge < -0.3 is 9.64 Å². The molecule has 186 valence electrons. The smallest absolute Gasteiger partial charge is 0.459 e. The summed E-state index contributed by atoms with van der Waals surface area (Å²) < 4.78 is 95.6. The number of azide groups is 1. The zero-order valence-corrected chi connectivity index (χ0v) is 18.9. The largest absolute Gasteiger partial charge is 0.501 e. The molecule has 2 rings (SSSR count). The van der Waals surface area contributed by atoms with Gasteiger partial charge in [0.1, 0.15) is 12.6 Å². The Hall–Kier alpha value is -3.14. The first-order chi connectivity index (χ1) is 15.6. The van der Waals surface area contributed by atoms with Crippen LogP contribution in [0.1, 0.15) is 5.56 Å². The molecule has 0 radical (unpaired) electrons. The number of esters is 1. The number of carbonyl (C=O) groups excluding carboxylic acids is 2. The van der Waals surface area contributed by atoms with Crippen molar-refractivity contribution in [1.29, 1.82) is 0 Å². The van der Waals surface area contributed by atoms with Gasteiger partial charge in [0.2, 0.25) is 5.91 Å². The van der Waals surface area contributed by atoms with Crippen molar-refractivity contribution < 1.29 is 48.5 Å². The lowest BCUT2D eigenvalue weighted by Gasteiger charge is -2.48. The summed E-state index contributed by atoms with van der Waals surface area (Å²) in [6.45, 7) is 1.41. The van der Waals surface area contributed by atoms with Crippen molar-refractivity contribution in [2.24, 2.45) is 5.11 Å². The van der Waals surface area contributed by atoms with Gasteiger partial charge in [-0.15, -0.1) is 0 Å². The molecular formula is C17H17F3N4O8S2. The second-order valence-electron chi connectivity index (χ2n) is 6.86. The summed E-state index contributed by atoms with van der Waals surface area (Å²) in [6.07, 6.45) is 0.624. The molecule has 0 aliphatic carbocycles. The van der Waals surface area contributed by atoms with E-state index >= 15 is 0 Å². The molecule has 1 heterocycles. The molecule has 1 aliphatic rings. The van der Waals surface area contributed by atoms with Crippen molar-refractivity contribution in [2.75, 3.05) is 12.9 Å². The van der Waals surface area contributed by atoms with Gasteiger partial charge >= 0.3 is 11.5 Å². The van der Waals surface area contributed by atoms with Crippen LogP contribution in [0.15, 0.2) is 46.9 Å². The van der Waals surface area contributed by atoms with E-state index < -0.39 is 73.6 Å². The number of sulfone groups is 1. The maximum atomic E-state index is 13.2. The van der Waals surface area contributed by atoms with Crippen LogP contribution >= 0.6 is 0 Å². The normalized spacial score (nSPS) is 19.5. The molecule has 1 fully saturated rings. The third-order valence-electron chi connectivity index (χ3n) is 4.54. The molecule has 12 nitrogen and oxygen atoms in total. The van der Waals surface area contributed by atoms with Gasteiger partial charge in [-0.25, -0.2) is 13.2 Å². The number of likely N-dealkylation sites (tertiary alicyclic amines) is 1. The Morgan fingerprint density at radius 3 is 2.35 bits per heavy atom. The fourth-order valence-corrected chi connectivity index (χ4v) is 4.11. The third-order valence-corrected chi connectivity index (χ3v) is 6.63. The average molecular weight is 526 g/mol. The lowest BCUT2D eigenvalue weighted by molar-refractivity contribution is -0.166. The summed E-state index contributed by atoms with van der Waals surface area (Å²) in [6, 6.07) is 1.92. The second kappa shape index (κ2) is 10.0. The summed E-state index contributed by atoms with van der Waals surface area (Å²) in [5.41, 5.74) is 3.14. The summed E-state index contributed by atoms with van der Waals surface area (Å²) in [5, 5.41) is 3.11. The number of ether oxygens (including phenoxy) is 1. The third kappa shape index (κ3) is 5.85. The van der Waals surface area contributed by atoms with Crippen LogP contribution in [0.25, 0.3) is 10.4 Å². The lowest BCUT2D eigenvalue weighted by atomic mass is 9.93. The van der Waals surface area contributed by atoms with Crippen LogP contribution in [0.2, 0.25) is 0 Å². The zero-order chi connectivity index (χ0) is 25.9. The fraction of sp³-hybridized carbons (Fsp3) is 0.412. The highest BCUT2D eigenvalue weighted by atomic mass is 32.2. The van der Waals surface area contributed by atoms with Gasteiger partial charge in [0.25, 0.3) is 20.0 Å². The summed E-state index contributed by atoms with van der Waals surface area (Å²) >= 11 is 0. The molecule has 1 aromatic carbocycles. The van der Waals surface area contributed by atoms with E-state index in [1.54, 1.807) is 18.2 Å². The van der Waals surface area contributed by atoms with Crippen LogP contribution in [0, 0.1) is 0 Å². The molecule has 0 bridgehead atoms.